The number of hydrogen-bond donors (Lipinski definition) is 2. The molecule has 0 spiro atoms. The van der Waals surface area contributed by atoms with E-state index in [1.54, 1.807) is 11.1 Å². The highest BCUT2D eigenvalue weighted by molar-refractivity contribution is 5.82. The maximum absolute atomic E-state index is 11.8. The number of nitrogens with zero attached hydrogens (tertiary/aromatic N) is 3. The minimum Gasteiger partial charge on any atom is -0.480 e. The van der Waals surface area contributed by atoms with Gasteiger partial charge in [-0.1, -0.05) is 0 Å². The van der Waals surface area contributed by atoms with Crippen LogP contribution in [-0.4, -0.2) is 44.1 Å². The van der Waals surface area contributed by atoms with E-state index in [9.17, 15) is 9.59 Å². The second-order valence-corrected chi connectivity index (χ2v) is 3.97. The molecule has 1 atom stereocenters. The minimum atomic E-state index is -1.04. The maximum Gasteiger partial charge on any atom is 0.325 e. The summed E-state index contributed by atoms with van der Waals surface area (Å²) in [5.41, 5.74) is 0. The molecule has 2 N–H and O–H groups in total. The Balaban J connectivity index is 1.96. The second kappa shape index (κ2) is 4.44. The fraction of sp³-hybridized carbons (Fsp3) is 0.500. The van der Waals surface area contributed by atoms with Gasteiger partial charge in [-0.15, -0.1) is 0 Å². The normalized spacial score (nSPS) is 16.2. The summed E-state index contributed by atoms with van der Waals surface area (Å²) in [5, 5.41) is 11.1. The summed E-state index contributed by atoms with van der Waals surface area (Å²) in [6, 6.07) is -1.25. The number of amides is 2. The molecular weight excluding hydrogens is 224 g/mol. The Kier molecular flexibility index (Phi) is 2.99. The Hall–Kier alpha value is -2.05. The van der Waals surface area contributed by atoms with Crippen LogP contribution in [0.25, 0.3) is 0 Å². The van der Waals surface area contributed by atoms with Gasteiger partial charge in [0.2, 0.25) is 0 Å². The molecule has 2 heterocycles. The predicted molar refractivity (Wildman–Crippen MR) is 58.3 cm³/mol. The van der Waals surface area contributed by atoms with E-state index in [0.29, 0.717) is 19.6 Å². The van der Waals surface area contributed by atoms with E-state index in [2.05, 4.69) is 10.3 Å². The van der Waals surface area contributed by atoms with Crippen molar-refractivity contribution in [2.45, 2.75) is 26.1 Å². The molecule has 0 fully saturated rings. The molecular formula is C10H14N4O3. The van der Waals surface area contributed by atoms with Gasteiger partial charge in [-0.25, -0.2) is 9.78 Å². The number of rotatable bonds is 2. The summed E-state index contributed by atoms with van der Waals surface area (Å²) < 4.78 is 1.98. The van der Waals surface area contributed by atoms with E-state index in [1.165, 1.54) is 6.92 Å². The van der Waals surface area contributed by atoms with Crippen LogP contribution in [0.15, 0.2) is 12.4 Å². The Morgan fingerprint density at radius 1 is 1.53 bits per heavy atom. The van der Waals surface area contributed by atoms with E-state index in [-0.39, 0.29) is 6.03 Å². The van der Waals surface area contributed by atoms with E-state index in [0.717, 1.165) is 5.82 Å². The van der Waals surface area contributed by atoms with Crippen LogP contribution < -0.4 is 5.32 Å². The zero-order valence-corrected chi connectivity index (χ0v) is 9.46. The Morgan fingerprint density at radius 2 is 2.29 bits per heavy atom. The van der Waals surface area contributed by atoms with E-state index < -0.39 is 12.0 Å². The first-order valence-electron chi connectivity index (χ1n) is 5.36. The maximum atomic E-state index is 11.8. The van der Waals surface area contributed by atoms with Crippen LogP contribution in [0.2, 0.25) is 0 Å². The molecule has 7 heteroatoms. The van der Waals surface area contributed by atoms with Gasteiger partial charge in [0.1, 0.15) is 11.9 Å². The smallest absolute Gasteiger partial charge is 0.325 e. The molecule has 0 aliphatic carbocycles. The van der Waals surface area contributed by atoms with E-state index in [1.807, 2.05) is 10.8 Å². The van der Waals surface area contributed by atoms with Gasteiger partial charge < -0.3 is 19.9 Å². The summed E-state index contributed by atoms with van der Waals surface area (Å²) in [4.78, 5) is 28.1. The lowest BCUT2D eigenvalue weighted by Gasteiger charge is -2.28. The molecule has 2 rings (SSSR count). The van der Waals surface area contributed by atoms with Gasteiger partial charge in [0.15, 0.2) is 0 Å². The van der Waals surface area contributed by atoms with Gasteiger partial charge in [0.05, 0.1) is 6.54 Å². The number of urea groups is 1. The first kappa shape index (κ1) is 11.4. The van der Waals surface area contributed by atoms with E-state index in [4.69, 9.17) is 5.11 Å². The zero-order chi connectivity index (χ0) is 12.4. The molecule has 0 radical (unpaired) electrons. The lowest BCUT2D eigenvalue weighted by atomic mass is 10.3. The first-order chi connectivity index (χ1) is 8.08. The van der Waals surface area contributed by atoms with Gasteiger partial charge >= 0.3 is 12.0 Å². The summed E-state index contributed by atoms with van der Waals surface area (Å²) in [5.74, 6) is -0.230. The third-order valence-electron chi connectivity index (χ3n) is 2.74. The third-order valence-corrected chi connectivity index (χ3v) is 2.74. The van der Waals surface area contributed by atoms with Gasteiger partial charge in [-0.05, 0) is 6.92 Å². The van der Waals surface area contributed by atoms with Crippen molar-refractivity contribution in [3.8, 4) is 0 Å². The standard InChI is InChI=1S/C10H14N4O3/c1-7(9(15)16)12-10(17)14-5-4-13-3-2-11-8(13)6-14/h2-3,7H,4-6H2,1H3,(H,12,17)(H,15,16). The molecule has 7 nitrogen and oxygen atoms in total. The summed E-state index contributed by atoms with van der Waals surface area (Å²) in [6.07, 6.45) is 3.56. The summed E-state index contributed by atoms with van der Waals surface area (Å²) in [7, 11) is 0. The number of carbonyl (C=O) groups excluding carboxylic acids is 1. The van der Waals surface area contributed by atoms with Crippen molar-refractivity contribution in [3.05, 3.63) is 18.2 Å². The molecule has 0 bridgehead atoms. The van der Waals surface area contributed by atoms with Crippen LogP contribution >= 0.6 is 0 Å². The molecule has 1 unspecified atom stereocenters. The van der Waals surface area contributed by atoms with Crippen LogP contribution in [0.3, 0.4) is 0 Å². The monoisotopic (exact) mass is 238 g/mol. The Morgan fingerprint density at radius 3 is 3.00 bits per heavy atom. The van der Waals surface area contributed by atoms with E-state index >= 15 is 0 Å². The molecule has 0 aromatic carbocycles. The largest absolute Gasteiger partial charge is 0.480 e. The predicted octanol–water partition coefficient (Wildman–Crippen LogP) is -0.119. The molecule has 1 aliphatic heterocycles. The van der Waals surface area contributed by atoms with Crippen molar-refractivity contribution >= 4 is 12.0 Å². The zero-order valence-electron chi connectivity index (χ0n) is 9.46. The van der Waals surface area contributed by atoms with Crippen LogP contribution in [0.1, 0.15) is 12.7 Å². The van der Waals surface area contributed by atoms with Crippen molar-refractivity contribution in [2.24, 2.45) is 0 Å². The Labute approximate surface area is 98.0 Å². The van der Waals surface area contributed by atoms with Crippen molar-refractivity contribution in [1.29, 1.82) is 0 Å². The minimum absolute atomic E-state index is 0.367. The highest BCUT2D eigenvalue weighted by Crippen LogP contribution is 2.10. The number of hydrogen-bond acceptors (Lipinski definition) is 3. The lowest BCUT2D eigenvalue weighted by molar-refractivity contribution is -0.138. The molecule has 1 aromatic heterocycles. The quantitative estimate of drug-likeness (QED) is 0.752. The number of aromatic nitrogens is 2. The van der Waals surface area contributed by atoms with Crippen molar-refractivity contribution in [3.63, 3.8) is 0 Å². The average Bonchev–Trinajstić information content (AvgIpc) is 2.75. The van der Waals surface area contributed by atoms with Crippen molar-refractivity contribution in [1.82, 2.24) is 19.8 Å². The Bertz CT molecular complexity index is 443. The van der Waals surface area contributed by atoms with Crippen molar-refractivity contribution in [2.75, 3.05) is 6.54 Å². The van der Waals surface area contributed by atoms with Crippen LogP contribution in [0.4, 0.5) is 4.79 Å². The molecule has 17 heavy (non-hydrogen) atoms. The number of carboxylic acid groups (broad SMARTS) is 1. The number of aliphatic carboxylic acids is 1. The number of imidazole rings is 1. The number of nitrogens with one attached hydrogen (secondary N) is 1. The van der Waals surface area contributed by atoms with Gasteiger partial charge in [0, 0.05) is 25.5 Å². The topological polar surface area (TPSA) is 87.5 Å². The third kappa shape index (κ3) is 2.38. The molecule has 2 amide bonds. The average molecular weight is 238 g/mol. The SMILES string of the molecule is CC(NC(=O)N1CCn2ccnc2C1)C(=O)O. The molecule has 0 saturated heterocycles. The summed E-state index contributed by atoms with van der Waals surface area (Å²) in [6.45, 7) is 3.09. The first-order valence-corrected chi connectivity index (χ1v) is 5.36. The van der Waals surface area contributed by atoms with Crippen LogP contribution in [0.5, 0.6) is 0 Å². The highest BCUT2D eigenvalue weighted by Gasteiger charge is 2.23. The lowest BCUT2D eigenvalue weighted by Crippen LogP contribution is -2.48. The molecule has 1 aromatic rings. The van der Waals surface area contributed by atoms with Crippen molar-refractivity contribution < 1.29 is 14.7 Å². The number of carbonyl (C=O) groups is 2. The van der Waals surface area contributed by atoms with Crippen LogP contribution in [-0.2, 0) is 17.9 Å². The van der Waals surface area contributed by atoms with Gasteiger partial charge in [-0.2, -0.15) is 0 Å². The summed E-state index contributed by atoms with van der Waals surface area (Å²) >= 11 is 0. The fourth-order valence-corrected chi connectivity index (χ4v) is 1.69. The van der Waals surface area contributed by atoms with Crippen LogP contribution in [0, 0.1) is 0 Å². The molecule has 0 saturated carbocycles. The van der Waals surface area contributed by atoms with Gasteiger partial charge in [0.25, 0.3) is 0 Å². The molecule has 92 valence electrons. The second-order valence-electron chi connectivity index (χ2n) is 3.97. The fourth-order valence-electron chi connectivity index (χ4n) is 1.69. The highest BCUT2D eigenvalue weighted by atomic mass is 16.4. The number of fused-ring (bicyclic) bond motifs is 1. The molecule has 1 aliphatic rings. The van der Waals surface area contributed by atoms with Gasteiger partial charge in [-0.3, -0.25) is 4.79 Å². The number of carboxylic acids is 1.